The molecule has 0 bridgehead atoms. The highest BCUT2D eigenvalue weighted by Crippen LogP contribution is 2.14. The minimum absolute atomic E-state index is 0.588. The summed E-state index contributed by atoms with van der Waals surface area (Å²) >= 11 is 3.26. The first-order chi connectivity index (χ1) is 4.70. The fourth-order valence-corrected chi connectivity index (χ4v) is 0.959. The van der Waals surface area contributed by atoms with Gasteiger partial charge in [-0.2, -0.15) is 0 Å². The molecule has 3 heteroatoms. The van der Waals surface area contributed by atoms with E-state index >= 15 is 0 Å². The molecule has 0 fully saturated rings. The van der Waals surface area contributed by atoms with E-state index in [1.54, 1.807) is 4.03 Å². The SMILES string of the molecule is CC(C)C1=CNN(Br)C=C1. The third-order valence-electron chi connectivity index (χ3n) is 1.42. The van der Waals surface area contributed by atoms with Crippen molar-refractivity contribution in [3.05, 3.63) is 24.0 Å². The van der Waals surface area contributed by atoms with E-state index in [0.29, 0.717) is 5.92 Å². The number of hydrogen-bond acceptors (Lipinski definition) is 2. The summed E-state index contributed by atoms with van der Waals surface area (Å²) in [6.45, 7) is 4.34. The summed E-state index contributed by atoms with van der Waals surface area (Å²) in [7, 11) is 0. The summed E-state index contributed by atoms with van der Waals surface area (Å²) in [6.07, 6.45) is 6.00. The molecule has 1 heterocycles. The number of nitrogens with zero attached hydrogens (tertiary/aromatic N) is 1. The van der Waals surface area contributed by atoms with Crippen molar-refractivity contribution in [2.24, 2.45) is 5.92 Å². The molecule has 2 nitrogen and oxygen atoms in total. The molecule has 0 saturated carbocycles. The third kappa shape index (κ3) is 1.77. The van der Waals surface area contributed by atoms with Crippen LogP contribution in [0.4, 0.5) is 0 Å². The van der Waals surface area contributed by atoms with Crippen LogP contribution < -0.4 is 5.43 Å². The van der Waals surface area contributed by atoms with Gasteiger partial charge in [0.1, 0.15) is 0 Å². The van der Waals surface area contributed by atoms with Crippen LogP contribution in [0.15, 0.2) is 24.0 Å². The number of allylic oxidation sites excluding steroid dienone is 2. The van der Waals surface area contributed by atoms with Crippen molar-refractivity contribution >= 4 is 16.1 Å². The Bertz CT molecular complexity index is 172. The summed E-state index contributed by atoms with van der Waals surface area (Å²) in [6, 6.07) is 0. The summed E-state index contributed by atoms with van der Waals surface area (Å²) in [4.78, 5) is 0. The molecular weight excluding hydrogens is 192 g/mol. The average molecular weight is 203 g/mol. The third-order valence-corrected chi connectivity index (χ3v) is 1.86. The molecule has 0 saturated heterocycles. The zero-order chi connectivity index (χ0) is 7.56. The Kier molecular flexibility index (Phi) is 2.38. The maximum Gasteiger partial charge on any atom is 0.0723 e. The molecule has 0 spiro atoms. The van der Waals surface area contributed by atoms with Gasteiger partial charge < -0.3 is 0 Å². The van der Waals surface area contributed by atoms with Gasteiger partial charge in [-0.3, -0.25) is 5.43 Å². The quantitative estimate of drug-likeness (QED) is 0.657. The van der Waals surface area contributed by atoms with Crippen LogP contribution in [0, 0.1) is 5.92 Å². The minimum Gasteiger partial charge on any atom is -0.296 e. The summed E-state index contributed by atoms with van der Waals surface area (Å²) < 4.78 is 1.74. The highest BCUT2D eigenvalue weighted by Gasteiger charge is 2.03. The second-order valence-corrected chi connectivity index (χ2v) is 3.32. The van der Waals surface area contributed by atoms with Crippen LogP contribution in [-0.2, 0) is 0 Å². The lowest BCUT2D eigenvalue weighted by atomic mass is 10.0. The molecule has 1 aliphatic heterocycles. The first kappa shape index (κ1) is 7.66. The highest BCUT2D eigenvalue weighted by atomic mass is 79.9. The second kappa shape index (κ2) is 3.10. The predicted molar refractivity (Wildman–Crippen MR) is 46.0 cm³/mol. The van der Waals surface area contributed by atoms with Crippen molar-refractivity contribution in [1.29, 1.82) is 0 Å². The van der Waals surface area contributed by atoms with Gasteiger partial charge in [0, 0.05) is 12.4 Å². The van der Waals surface area contributed by atoms with Gasteiger partial charge in [-0.25, -0.2) is 4.03 Å². The van der Waals surface area contributed by atoms with Crippen LogP contribution >= 0.6 is 16.1 Å². The Labute approximate surface area is 69.9 Å². The molecule has 56 valence electrons. The molecule has 1 rings (SSSR count). The van der Waals surface area contributed by atoms with Crippen LogP contribution in [0.2, 0.25) is 0 Å². The minimum atomic E-state index is 0.588. The van der Waals surface area contributed by atoms with Gasteiger partial charge in [0.15, 0.2) is 0 Å². The van der Waals surface area contributed by atoms with Crippen LogP contribution in [0.3, 0.4) is 0 Å². The fraction of sp³-hybridized carbons (Fsp3) is 0.429. The van der Waals surface area contributed by atoms with Crippen molar-refractivity contribution in [3.8, 4) is 0 Å². The van der Waals surface area contributed by atoms with Crippen molar-refractivity contribution in [2.45, 2.75) is 13.8 Å². The zero-order valence-corrected chi connectivity index (χ0v) is 7.72. The van der Waals surface area contributed by atoms with Gasteiger partial charge in [-0.15, -0.1) is 0 Å². The Hall–Kier alpha value is -0.440. The molecule has 0 aromatic carbocycles. The van der Waals surface area contributed by atoms with E-state index in [4.69, 9.17) is 0 Å². The molecule has 0 unspecified atom stereocenters. The smallest absolute Gasteiger partial charge is 0.0723 e. The van der Waals surface area contributed by atoms with E-state index in [2.05, 4.69) is 41.5 Å². The molecule has 0 radical (unpaired) electrons. The van der Waals surface area contributed by atoms with Gasteiger partial charge in [-0.05, 0) is 17.6 Å². The van der Waals surface area contributed by atoms with E-state index < -0.39 is 0 Å². The van der Waals surface area contributed by atoms with Gasteiger partial charge in [0.2, 0.25) is 0 Å². The number of halogens is 1. The van der Waals surface area contributed by atoms with Crippen molar-refractivity contribution in [1.82, 2.24) is 9.46 Å². The van der Waals surface area contributed by atoms with E-state index in [-0.39, 0.29) is 0 Å². The largest absolute Gasteiger partial charge is 0.296 e. The Morgan fingerprint density at radius 3 is 2.70 bits per heavy atom. The molecule has 0 atom stereocenters. The van der Waals surface area contributed by atoms with Crippen molar-refractivity contribution < 1.29 is 0 Å². The van der Waals surface area contributed by atoms with Crippen LogP contribution in [0.5, 0.6) is 0 Å². The highest BCUT2D eigenvalue weighted by molar-refractivity contribution is 9.07. The monoisotopic (exact) mass is 202 g/mol. The standard InChI is InChI=1S/C7H11BrN2/c1-6(2)7-3-4-10(8)9-5-7/h3-6,9H,1-2H3. The van der Waals surface area contributed by atoms with E-state index in [9.17, 15) is 0 Å². The van der Waals surface area contributed by atoms with Crippen molar-refractivity contribution in [3.63, 3.8) is 0 Å². The molecule has 10 heavy (non-hydrogen) atoms. The number of hydrogen-bond donors (Lipinski definition) is 1. The Balaban J connectivity index is 2.59. The van der Waals surface area contributed by atoms with E-state index in [1.165, 1.54) is 5.57 Å². The lowest BCUT2D eigenvalue weighted by molar-refractivity contribution is 0.538. The van der Waals surface area contributed by atoms with Gasteiger partial charge >= 0.3 is 0 Å². The van der Waals surface area contributed by atoms with Gasteiger partial charge in [0.25, 0.3) is 0 Å². The number of nitrogens with one attached hydrogen (secondary N) is 1. The molecule has 0 aromatic rings. The fourth-order valence-electron chi connectivity index (χ4n) is 0.738. The van der Waals surface area contributed by atoms with Crippen molar-refractivity contribution in [2.75, 3.05) is 0 Å². The first-order valence-electron chi connectivity index (χ1n) is 3.29. The average Bonchev–Trinajstić information content (AvgIpc) is 1.88. The van der Waals surface area contributed by atoms with Gasteiger partial charge in [-0.1, -0.05) is 13.8 Å². The topological polar surface area (TPSA) is 15.3 Å². The molecule has 1 aliphatic rings. The van der Waals surface area contributed by atoms with Crippen LogP contribution in [0.1, 0.15) is 13.8 Å². The van der Waals surface area contributed by atoms with E-state index in [1.807, 2.05) is 12.4 Å². The first-order valence-corrected chi connectivity index (χ1v) is 4.00. The normalized spacial score (nSPS) is 17.2. The molecule has 0 amide bonds. The number of hydrazine groups is 1. The van der Waals surface area contributed by atoms with Crippen LogP contribution in [-0.4, -0.2) is 4.03 Å². The van der Waals surface area contributed by atoms with E-state index in [0.717, 1.165) is 0 Å². The second-order valence-electron chi connectivity index (χ2n) is 2.56. The maximum absolute atomic E-state index is 3.26. The Morgan fingerprint density at radius 1 is 1.60 bits per heavy atom. The lowest BCUT2D eigenvalue weighted by Gasteiger charge is -2.18. The summed E-state index contributed by atoms with van der Waals surface area (Å²) in [5, 5.41) is 0. The molecular formula is C7H11BrN2. The predicted octanol–water partition coefficient (Wildman–Crippen LogP) is 2.17. The Morgan fingerprint density at radius 2 is 2.30 bits per heavy atom. The lowest BCUT2D eigenvalue weighted by Crippen LogP contribution is -2.22. The summed E-state index contributed by atoms with van der Waals surface area (Å²) in [5.41, 5.74) is 4.33. The number of rotatable bonds is 1. The molecule has 0 aromatic heterocycles. The van der Waals surface area contributed by atoms with Crippen LogP contribution in [0.25, 0.3) is 0 Å². The maximum atomic E-state index is 3.26. The summed E-state index contributed by atoms with van der Waals surface area (Å²) in [5.74, 6) is 0.588. The zero-order valence-electron chi connectivity index (χ0n) is 6.13. The molecule has 0 aliphatic carbocycles. The molecule has 1 N–H and O–H groups in total. The van der Waals surface area contributed by atoms with Gasteiger partial charge in [0.05, 0.1) is 16.1 Å².